The highest BCUT2D eigenvalue weighted by Crippen LogP contribution is 2.24. The summed E-state index contributed by atoms with van der Waals surface area (Å²) in [5.41, 5.74) is -0.127. The maximum atomic E-state index is 11.4. The van der Waals surface area contributed by atoms with Crippen molar-refractivity contribution in [3.05, 3.63) is 17.0 Å². The fourth-order valence-corrected chi connectivity index (χ4v) is 3.00. The lowest BCUT2D eigenvalue weighted by Gasteiger charge is -2.28. The fraction of sp³-hybridized carbons (Fsp3) is 0.667. The predicted molar refractivity (Wildman–Crippen MR) is 75.8 cm³/mol. The lowest BCUT2D eigenvalue weighted by Crippen LogP contribution is -2.38. The van der Waals surface area contributed by atoms with E-state index in [1.165, 1.54) is 0 Å². The summed E-state index contributed by atoms with van der Waals surface area (Å²) in [6, 6.07) is 1.78. The van der Waals surface area contributed by atoms with Crippen molar-refractivity contribution in [2.45, 2.75) is 26.2 Å². The number of aromatic nitrogens is 2. The Morgan fingerprint density at radius 3 is 2.44 bits per heavy atom. The Balaban J connectivity index is 2.28. The fourth-order valence-electron chi connectivity index (χ4n) is 1.77. The van der Waals surface area contributed by atoms with Crippen LogP contribution in [-0.2, 0) is 16.2 Å². The van der Waals surface area contributed by atoms with Crippen molar-refractivity contribution in [2.24, 2.45) is 0 Å². The molecule has 0 aliphatic carbocycles. The summed E-state index contributed by atoms with van der Waals surface area (Å²) >= 11 is 6.07. The van der Waals surface area contributed by atoms with Crippen molar-refractivity contribution in [2.75, 3.05) is 29.5 Å². The highest BCUT2D eigenvalue weighted by molar-refractivity contribution is 7.85. The van der Waals surface area contributed by atoms with Gasteiger partial charge < -0.3 is 4.90 Å². The minimum atomic E-state index is -0.681. The second kappa shape index (κ2) is 5.13. The number of nitrogens with zero attached hydrogens (tertiary/aromatic N) is 3. The molecule has 0 bridgehead atoms. The zero-order valence-electron chi connectivity index (χ0n) is 10.9. The van der Waals surface area contributed by atoms with Crippen LogP contribution in [-0.4, -0.2) is 38.8 Å². The van der Waals surface area contributed by atoms with Crippen molar-refractivity contribution in [3.63, 3.8) is 0 Å². The molecule has 1 aromatic rings. The van der Waals surface area contributed by atoms with Crippen LogP contribution in [0.15, 0.2) is 6.07 Å². The first-order valence-electron chi connectivity index (χ1n) is 6.01. The SMILES string of the molecule is CC(C)(C)c1nc(Cl)cc(N2CCS(=O)CC2)n1. The molecule has 1 saturated heterocycles. The van der Waals surface area contributed by atoms with Crippen LogP contribution in [0.4, 0.5) is 5.82 Å². The molecule has 1 aliphatic heterocycles. The smallest absolute Gasteiger partial charge is 0.137 e. The molecule has 18 heavy (non-hydrogen) atoms. The van der Waals surface area contributed by atoms with Crippen molar-refractivity contribution in [3.8, 4) is 0 Å². The minimum absolute atomic E-state index is 0.127. The van der Waals surface area contributed by atoms with E-state index in [1.807, 2.05) is 0 Å². The van der Waals surface area contributed by atoms with Gasteiger partial charge >= 0.3 is 0 Å². The Kier molecular flexibility index (Phi) is 3.92. The molecule has 0 amide bonds. The summed E-state index contributed by atoms with van der Waals surface area (Å²) in [5, 5.41) is 0.469. The van der Waals surface area contributed by atoms with E-state index in [4.69, 9.17) is 11.6 Å². The van der Waals surface area contributed by atoms with Gasteiger partial charge in [0.2, 0.25) is 0 Å². The summed E-state index contributed by atoms with van der Waals surface area (Å²) in [5.74, 6) is 2.99. The molecular weight excluding hydrogens is 270 g/mol. The number of anilines is 1. The lowest BCUT2D eigenvalue weighted by atomic mass is 9.96. The van der Waals surface area contributed by atoms with Crippen LogP contribution in [0.3, 0.4) is 0 Å². The van der Waals surface area contributed by atoms with Gasteiger partial charge in [0.05, 0.1) is 0 Å². The van der Waals surface area contributed by atoms with E-state index in [2.05, 4.69) is 35.6 Å². The number of rotatable bonds is 1. The Morgan fingerprint density at radius 1 is 1.28 bits per heavy atom. The van der Waals surface area contributed by atoms with Crippen LogP contribution in [0.1, 0.15) is 26.6 Å². The van der Waals surface area contributed by atoms with E-state index in [1.54, 1.807) is 6.07 Å². The maximum absolute atomic E-state index is 11.4. The number of hydrogen-bond donors (Lipinski definition) is 0. The lowest BCUT2D eigenvalue weighted by molar-refractivity contribution is 0.544. The Morgan fingerprint density at radius 2 is 1.89 bits per heavy atom. The summed E-state index contributed by atoms with van der Waals surface area (Å²) in [6.07, 6.45) is 0. The monoisotopic (exact) mass is 287 g/mol. The third-order valence-corrected chi connectivity index (χ3v) is 4.32. The van der Waals surface area contributed by atoms with Crippen molar-refractivity contribution in [1.29, 1.82) is 0 Å². The minimum Gasteiger partial charge on any atom is -0.355 e. The van der Waals surface area contributed by atoms with Gasteiger partial charge in [-0.15, -0.1) is 0 Å². The molecule has 0 radical (unpaired) electrons. The molecule has 100 valence electrons. The van der Waals surface area contributed by atoms with Crippen LogP contribution in [0.2, 0.25) is 5.15 Å². The van der Waals surface area contributed by atoms with Crippen LogP contribution < -0.4 is 4.90 Å². The van der Waals surface area contributed by atoms with E-state index in [0.29, 0.717) is 16.7 Å². The van der Waals surface area contributed by atoms with Crippen LogP contribution in [0.25, 0.3) is 0 Å². The van der Waals surface area contributed by atoms with E-state index < -0.39 is 10.8 Å². The number of halogens is 1. The molecule has 0 atom stereocenters. The molecule has 2 rings (SSSR count). The van der Waals surface area contributed by atoms with E-state index in [-0.39, 0.29) is 5.41 Å². The molecule has 1 aliphatic rings. The average molecular weight is 288 g/mol. The first-order valence-corrected chi connectivity index (χ1v) is 7.88. The Bertz CT molecular complexity index is 463. The second-order valence-corrected chi connectivity index (χ2v) is 7.54. The molecule has 4 nitrogen and oxygen atoms in total. The van der Waals surface area contributed by atoms with Gasteiger partial charge in [-0.3, -0.25) is 4.21 Å². The van der Waals surface area contributed by atoms with Gasteiger partial charge in [-0.1, -0.05) is 32.4 Å². The Labute approximate surface area is 115 Å². The van der Waals surface area contributed by atoms with Gasteiger partial charge in [0.1, 0.15) is 16.8 Å². The van der Waals surface area contributed by atoms with Gasteiger partial charge in [0.25, 0.3) is 0 Å². The van der Waals surface area contributed by atoms with Crippen molar-refractivity contribution in [1.82, 2.24) is 9.97 Å². The number of hydrogen-bond acceptors (Lipinski definition) is 4. The molecule has 0 unspecified atom stereocenters. The average Bonchev–Trinajstić information content (AvgIpc) is 2.28. The molecule has 0 spiro atoms. The quantitative estimate of drug-likeness (QED) is 0.741. The second-order valence-electron chi connectivity index (χ2n) is 5.46. The first-order chi connectivity index (χ1) is 8.36. The summed E-state index contributed by atoms with van der Waals surface area (Å²) in [6.45, 7) is 7.72. The maximum Gasteiger partial charge on any atom is 0.137 e. The third kappa shape index (κ3) is 3.20. The molecule has 0 saturated carbocycles. The summed E-state index contributed by atoms with van der Waals surface area (Å²) in [7, 11) is -0.681. The molecule has 0 N–H and O–H groups in total. The molecule has 2 heterocycles. The summed E-state index contributed by atoms with van der Waals surface area (Å²) in [4.78, 5) is 11.0. The zero-order chi connectivity index (χ0) is 13.3. The molecule has 6 heteroatoms. The highest BCUT2D eigenvalue weighted by Gasteiger charge is 2.22. The topological polar surface area (TPSA) is 46.1 Å². The van der Waals surface area contributed by atoms with Crippen molar-refractivity contribution >= 4 is 28.2 Å². The van der Waals surface area contributed by atoms with Gasteiger partial charge in [0, 0.05) is 46.9 Å². The molecule has 1 aromatic heterocycles. The third-order valence-electron chi connectivity index (χ3n) is 2.85. The normalized spacial score (nSPS) is 18.1. The van der Waals surface area contributed by atoms with Crippen LogP contribution in [0.5, 0.6) is 0 Å². The summed E-state index contributed by atoms with van der Waals surface area (Å²) < 4.78 is 11.4. The predicted octanol–water partition coefficient (Wildman–Crippen LogP) is 2.00. The van der Waals surface area contributed by atoms with Gasteiger partial charge in [-0.05, 0) is 0 Å². The molecular formula is C12H18ClN3OS. The molecule has 0 aromatic carbocycles. The van der Waals surface area contributed by atoms with Crippen LogP contribution >= 0.6 is 11.6 Å². The van der Waals surface area contributed by atoms with Gasteiger partial charge in [0.15, 0.2) is 0 Å². The Hall–Kier alpha value is -0.680. The van der Waals surface area contributed by atoms with Gasteiger partial charge in [-0.2, -0.15) is 0 Å². The van der Waals surface area contributed by atoms with E-state index in [0.717, 1.165) is 24.7 Å². The zero-order valence-corrected chi connectivity index (χ0v) is 12.5. The van der Waals surface area contributed by atoms with E-state index in [9.17, 15) is 4.21 Å². The highest BCUT2D eigenvalue weighted by atomic mass is 35.5. The van der Waals surface area contributed by atoms with E-state index >= 15 is 0 Å². The first kappa shape index (κ1) is 13.7. The standard InChI is InChI=1S/C12H18ClN3OS/c1-12(2,3)11-14-9(13)8-10(15-11)16-4-6-18(17)7-5-16/h8H,4-7H2,1-3H3. The molecule has 1 fully saturated rings. The van der Waals surface area contributed by atoms with Crippen LogP contribution in [0, 0.1) is 0 Å². The van der Waals surface area contributed by atoms with Crippen molar-refractivity contribution < 1.29 is 4.21 Å². The largest absolute Gasteiger partial charge is 0.355 e. The van der Waals surface area contributed by atoms with Gasteiger partial charge in [-0.25, -0.2) is 9.97 Å².